The lowest BCUT2D eigenvalue weighted by Crippen LogP contribution is -2.47. The first-order chi connectivity index (χ1) is 8.58. The van der Waals surface area contributed by atoms with Crippen molar-refractivity contribution in [1.82, 2.24) is 5.32 Å². The van der Waals surface area contributed by atoms with Crippen molar-refractivity contribution in [2.75, 3.05) is 19.8 Å². The third kappa shape index (κ3) is 4.31. The second-order valence-corrected chi connectivity index (χ2v) is 6.35. The molecule has 0 aromatic carbocycles. The standard InChI is InChI=1S/C8H12BNO.C6H14O2/c9-7-1-4-10-8(7)2-5-11-6-3-8;1-5(2,7)6(3,4)8/h1,10H,2-6H2;7-8H,1-4H3. The van der Waals surface area contributed by atoms with Crippen LogP contribution in [-0.2, 0) is 4.74 Å². The fourth-order valence-electron chi connectivity index (χ4n) is 1.84. The van der Waals surface area contributed by atoms with Crippen molar-refractivity contribution in [3.05, 3.63) is 11.5 Å². The zero-order valence-corrected chi connectivity index (χ0v) is 12.5. The molecule has 2 radical (unpaired) electrons. The van der Waals surface area contributed by atoms with Crippen LogP contribution in [0.3, 0.4) is 0 Å². The summed E-state index contributed by atoms with van der Waals surface area (Å²) in [6, 6.07) is 0. The summed E-state index contributed by atoms with van der Waals surface area (Å²) in [5, 5.41) is 21.6. The van der Waals surface area contributed by atoms with Crippen molar-refractivity contribution < 1.29 is 14.9 Å². The topological polar surface area (TPSA) is 61.7 Å². The van der Waals surface area contributed by atoms with Crippen LogP contribution in [0.1, 0.15) is 40.5 Å². The lowest BCUT2D eigenvalue weighted by Gasteiger charge is -2.36. The summed E-state index contributed by atoms with van der Waals surface area (Å²) in [7, 11) is 5.89. The van der Waals surface area contributed by atoms with Crippen molar-refractivity contribution in [2.24, 2.45) is 0 Å². The number of nitrogens with one attached hydrogen (secondary N) is 1. The monoisotopic (exact) mass is 267 g/mol. The Morgan fingerprint density at radius 2 is 1.63 bits per heavy atom. The molecule has 2 rings (SSSR count). The summed E-state index contributed by atoms with van der Waals surface area (Å²) >= 11 is 0. The van der Waals surface area contributed by atoms with Gasteiger partial charge in [0.2, 0.25) is 0 Å². The summed E-state index contributed by atoms with van der Waals surface area (Å²) < 4.78 is 5.28. The predicted octanol–water partition coefficient (Wildman–Crippen LogP) is 0.719. The Kier molecular flexibility index (Phi) is 5.24. The van der Waals surface area contributed by atoms with E-state index in [2.05, 4.69) is 11.4 Å². The summed E-state index contributed by atoms with van der Waals surface area (Å²) in [4.78, 5) is 0. The van der Waals surface area contributed by atoms with E-state index < -0.39 is 11.2 Å². The molecule has 3 N–H and O–H groups in total. The molecule has 4 nitrogen and oxygen atoms in total. The molecule has 0 aromatic rings. The molecule has 2 aliphatic rings. The van der Waals surface area contributed by atoms with Gasteiger partial charge in [0.05, 0.1) is 11.2 Å². The van der Waals surface area contributed by atoms with E-state index >= 15 is 0 Å². The van der Waals surface area contributed by atoms with Crippen molar-refractivity contribution in [2.45, 2.75) is 57.3 Å². The van der Waals surface area contributed by atoms with E-state index in [1.165, 1.54) is 0 Å². The lowest BCUT2D eigenvalue weighted by molar-refractivity contribution is -0.107. The number of aliphatic hydroxyl groups is 2. The van der Waals surface area contributed by atoms with Crippen LogP contribution in [0.15, 0.2) is 11.5 Å². The molecule has 0 aliphatic carbocycles. The molecule has 0 atom stereocenters. The first-order valence-electron chi connectivity index (χ1n) is 6.82. The maximum Gasteiger partial charge on any atom is 0.109 e. The molecule has 0 bridgehead atoms. The van der Waals surface area contributed by atoms with Gasteiger partial charge in [-0.25, -0.2) is 0 Å². The van der Waals surface area contributed by atoms with E-state index in [0.29, 0.717) is 0 Å². The molecule has 0 saturated carbocycles. The highest BCUT2D eigenvalue weighted by atomic mass is 16.5. The largest absolute Gasteiger partial charge is 0.387 e. The Bertz CT molecular complexity index is 311. The van der Waals surface area contributed by atoms with Crippen LogP contribution in [-0.4, -0.2) is 54.6 Å². The Hall–Kier alpha value is -0.355. The highest BCUT2D eigenvalue weighted by Gasteiger charge is 2.35. The van der Waals surface area contributed by atoms with Gasteiger partial charge in [-0.15, -0.1) is 5.47 Å². The van der Waals surface area contributed by atoms with Gasteiger partial charge in [0.25, 0.3) is 0 Å². The van der Waals surface area contributed by atoms with E-state index in [4.69, 9.17) is 22.8 Å². The van der Waals surface area contributed by atoms with Gasteiger partial charge in [-0.3, -0.25) is 0 Å². The average molecular weight is 267 g/mol. The van der Waals surface area contributed by atoms with E-state index in [1.807, 2.05) is 0 Å². The van der Waals surface area contributed by atoms with Crippen molar-refractivity contribution in [3.63, 3.8) is 0 Å². The van der Waals surface area contributed by atoms with Crippen molar-refractivity contribution in [3.8, 4) is 0 Å². The quantitative estimate of drug-likeness (QED) is 0.613. The molecule has 0 unspecified atom stereocenters. The smallest absolute Gasteiger partial charge is 0.109 e. The van der Waals surface area contributed by atoms with Crippen LogP contribution in [0.2, 0.25) is 0 Å². The number of rotatable bonds is 1. The van der Waals surface area contributed by atoms with Gasteiger partial charge < -0.3 is 20.3 Å². The van der Waals surface area contributed by atoms with Gasteiger partial charge in [0.1, 0.15) is 7.85 Å². The Balaban J connectivity index is 0.000000203. The van der Waals surface area contributed by atoms with Crippen molar-refractivity contribution >= 4 is 7.85 Å². The van der Waals surface area contributed by atoms with Crippen LogP contribution in [0.25, 0.3) is 0 Å². The van der Waals surface area contributed by atoms with E-state index in [0.717, 1.165) is 38.1 Å². The van der Waals surface area contributed by atoms with Crippen LogP contribution in [0, 0.1) is 0 Å². The van der Waals surface area contributed by atoms with Gasteiger partial charge in [-0.2, -0.15) is 0 Å². The van der Waals surface area contributed by atoms with Crippen LogP contribution < -0.4 is 5.32 Å². The third-order valence-corrected chi connectivity index (χ3v) is 4.16. The molecule has 0 amide bonds. The molecule has 1 spiro atoms. The van der Waals surface area contributed by atoms with Gasteiger partial charge >= 0.3 is 0 Å². The Labute approximate surface area is 117 Å². The molecule has 5 heteroatoms. The molecule has 108 valence electrons. The summed E-state index contributed by atoms with van der Waals surface area (Å²) in [5.41, 5.74) is -0.904. The molecule has 2 aliphatic heterocycles. The first-order valence-corrected chi connectivity index (χ1v) is 6.82. The fraction of sp³-hybridized carbons (Fsp3) is 0.857. The number of hydrogen-bond acceptors (Lipinski definition) is 4. The lowest BCUT2D eigenvalue weighted by atomic mass is 9.74. The van der Waals surface area contributed by atoms with Crippen LogP contribution in [0.4, 0.5) is 0 Å². The summed E-state index contributed by atoms with van der Waals surface area (Å²) in [6.45, 7) is 8.90. The third-order valence-electron chi connectivity index (χ3n) is 4.16. The van der Waals surface area contributed by atoms with E-state index in [1.54, 1.807) is 27.7 Å². The van der Waals surface area contributed by atoms with Crippen LogP contribution >= 0.6 is 0 Å². The summed E-state index contributed by atoms with van der Waals surface area (Å²) in [5.74, 6) is 0. The number of ether oxygens (including phenoxy) is 1. The first kappa shape index (κ1) is 16.7. The maximum absolute atomic E-state index is 9.10. The van der Waals surface area contributed by atoms with Gasteiger partial charge in [0, 0.05) is 25.3 Å². The minimum atomic E-state index is -1.01. The number of hydrogen-bond donors (Lipinski definition) is 3. The van der Waals surface area contributed by atoms with Gasteiger partial charge in [-0.1, -0.05) is 6.08 Å². The fourth-order valence-corrected chi connectivity index (χ4v) is 1.84. The highest BCUT2D eigenvalue weighted by molar-refractivity contribution is 6.23. The SMILES string of the molecule is CC(C)(O)C(C)(C)O.[B]C1=CCNC12CCOCC2. The predicted molar refractivity (Wildman–Crippen MR) is 77.2 cm³/mol. The second-order valence-electron chi connectivity index (χ2n) is 6.35. The Morgan fingerprint density at radius 3 is 1.95 bits per heavy atom. The Morgan fingerprint density at radius 1 is 1.16 bits per heavy atom. The minimum absolute atomic E-state index is 0.0955. The zero-order valence-electron chi connectivity index (χ0n) is 12.5. The van der Waals surface area contributed by atoms with Gasteiger partial charge in [0.15, 0.2) is 0 Å². The molecule has 19 heavy (non-hydrogen) atoms. The van der Waals surface area contributed by atoms with E-state index in [9.17, 15) is 0 Å². The molecular formula is C14H26BNO3. The summed E-state index contributed by atoms with van der Waals surface area (Å²) in [6.07, 6.45) is 4.12. The van der Waals surface area contributed by atoms with Gasteiger partial charge in [-0.05, 0) is 40.5 Å². The molecule has 1 fully saturated rings. The second kappa shape index (κ2) is 5.96. The normalized spacial score (nSPS) is 22.7. The van der Waals surface area contributed by atoms with Crippen molar-refractivity contribution in [1.29, 1.82) is 0 Å². The zero-order chi connectivity index (χ0) is 14.7. The molecule has 1 saturated heterocycles. The molecule has 0 aromatic heterocycles. The molecular weight excluding hydrogens is 241 g/mol. The van der Waals surface area contributed by atoms with Crippen LogP contribution in [0.5, 0.6) is 0 Å². The highest BCUT2D eigenvalue weighted by Crippen LogP contribution is 2.29. The average Bonchev–Trinajstić information content (AvgIpc) is 2.60. The molecule has 2 heterocycles. The maximum atomic E-state index is 9.10. The van der Waals surface area contributed by atoms with E-state index in [-0.39, 0.29) is 5.54 Å². The minimum Gasteiger partial charge on any atom is -0.387 e.